The highest BCUT2D eigenvalue weighted by atomic mass is 15.2. The van der Waals surface area contributed by atoms with Crippen LogP contribution in [0.25, 0.3) is 54.8 Å². The summed E-state index contributed by atoms with van der Waals surface area (Å²) in [5.74, 6) is 0. The van der Waals surface area contributed by atoms with E-state index in [0.29, 0.717) is 0 Å². The Morgan fingerprint density at radius 1 is 0.475 bits per heavy atom. The first-order valence-corrected chi connectivity index (χ1v) is 21.5. The number of aryl methyl sites for hydroxylation is 1. The van der Waals surface area contributed by atoms with Crippen molar-refractivity contribution in [3.8, 4) is 22.3 Å². The largest absolute Gasteiger partial charge is 0.375 e. The highest BCUT2D eigenvalue weighted by molar-refractivity contribution is 6.90. The van der Waals surface area contributed by atoms with Crippen molar-refractivity contribution in [2.45, 2.75) is 33.1 Å². The highest BCUT2D eigenvalue weighted by Crippen LogP contribution is 2.49. The fraction of sp³-hybridized carbons (Fsp3) is 0.0877. The van der Waals surface area contributed by atoms with E-state index in [1.165, 1.54) is 93.9 Å². The second kappa shape index (κ2) is 13.4. The van der Waals surface area contributed by atoms with Crippen LogP contribution in [0.5, 0.6) is 0 Å². The molecule has 0 amide bonds. The monoisotopic (exact) mass is 781 g/mol. The second-order valence-electron chi connectivity index (χ2n) is 17.9. The lowest BCUT2D eigenvalue weighted by Gasteiger charge is -2.42. The van der Waals surface area contributed by atoms with Crippen molar-refractivity contribution in [2.24, 2.45) is 0 Å². The topological polar surface area (TPSA) is 11.4 Å². The number of hydrogen-bond donors (Lipinski definition) is 0. The molecule has 3 nitrogen and oxygen atoms in total. The van der Waals surface area contributed by atoms with Gasteiger partial charge in [-0.3, -0.25) is 0 Å². The first kappa shape index (κ1) is 35.6. The predicted molar refractivity (Wildman–Crippen MR) is 261 cm³/mol. The maximum Gasteiger partial charge on any atom is 0.333 e. The van der Waals surface area contributed by atoms with Gasteiger partial charge in [-0.15, -0.1) is 0 Å². The summed E-state index contributed by atoms with van der Waals surface area (Å²) >= 11 is 0. The van der Waals surface area contributed by atoms with Gasteiger partial charge in [-0.05, 0) is 129 Å². The molecule has 0 saturated carbocycles. The van der Waals surface area contributed by atoms with Crippen LogP contribution in [0.3, 0.4) is 0 Å². The number of rotatable bonds is 5. The Bertz CT molecular complexity index is 3320. The van der Waals surface area contributed by atoms with E-state index in [1.807, 2.05) is 0 Å². The van der Waals surface area contributed by atoms with Crippen LogP contribution in [-0.2, 0) is 5.41 Å². The molecule has 2 aliphatic rings. The molecule has 0 bridgehead atoms. The van der Waals surface area contributed by atoms with Crippen LogP contribution in [-0.4, -0.2) is 11.3 Å². The molecule has 0 aliphatic carbocycles. The third kappa shape index (κ3) is 5.45. The van der Waals surface area contributed by atoms with Gasteiger partial charge >= 0.3 is 6.85 Å². The van der Waals surface area contributed by atoms with E-state index in [0.717, 1.165) is 17.1 Å². The zero-order valence-electron chi connectivity index (χ0n) is 34.9. The lowest BCUT2D eigenvalue weighted by Crippen LogP contribution is -2.56. The fourth-order valence-corrected chi connectivity index (χ4v) is 10.3. The summed E-state index contributed by atoms with van der Waals surface area (Å²) in [5, 5.41) is 5.11. The first-order chi connectivity index (χ1) is 29.8. The Balaban J connectivity index is 1.21. The van der Waals surface area contributed by atoms with Crippen molar-refractivity contribution in [3.05, 3.63) is 205 Å². The van der Waals surface area contributed by atoms with E-state index in [2.05, 4.69) is 236 Å². The molecule has 1 aromatic heterocycles. The molecule has 0 spiro atoms. The van der Waals surface area contributed by atoms with Gasteiger partial charge in [0, 0.05) is 61.4 Å². The highest BCUT2D eigenvalue weighted by Gasteiger charge is 2.43. The standard InChI is InChI=1S/C57H44BN3/c1-37-31-49-46-26-16-25-45-48-33-39-19-14-15-20-40(39)34-53(48)61(56(45)46)58-50-36-44(59(42-21-10-6-11-22-42)43-23-12-7-13-24-43)28-30-52(50)60(54(32-37)55(49)58)51-29-27-41(57(2,3)4)35-47(51)38-17-8-5-9-18-38/h5-36H,1-4H3. The lowest BCUT2D eigenvalue weighted by molar-refractivity contribution is 0.590. The zero-order chi connectivity index (χ0) is 41.0. The molecule has 0 atom stereocenters. The van der Waals surface area contributed by atoms with E-state index in [4.69, 9.17) is 0 Å². The second-order valence-corrected chi connectivity index (χ2v) is 17.9. The maximum atomic E-state index is 2.68. The molecule has 290 valence electrons. The Morgan fingerprint density at radius 2 is 1.13 bits per heavy atom. The first-order valence-electron chi connectivity index (χ1n) is 21.5. The number of benzene rings is 9. The van der Waals surface area contributed by atoms with Gasteiger partial charge in [0.2, 0.25) is 0 Å². The summed E-state index contributed by atoms with van der Waals surface area (Å²) in [6, 6.07) is 72.3. The van der Waals surface area contributed by atoms with Crippen molar-refractivity contribution in [3.63, 3.8) is 0 Å². The summed E-state index contributed by atoms with van der Waals surface area (Å²) in [7, 11) is 0. The summed E-state index contributed by atoms with van der Waals surface area (Å²) < 4.78 is 2.68. The Labute approximate surface area is 357 Å². The van der Waals surface area contributed by atoms with Gasteiger partial charge in [0.25, 0.3) is 0 Å². The molecule has 0 N–H and O–H groups in total. The number of aromatic nitrogens is 1. The zero-order valence-corrected chi connectivity index (χ0v) is 34.9. The van der Waals surface area contributed by atoms with Gasteiger partial charge in [0.1, 0.15) is 0 Å². The SMILES string of the molecule is Cc1cc2c3c(c1)N(c1ccc(C(C)(C)C)cc1-c1ccccc1)c1ccc(N(c4ccccc4)c4ccccc4)cc1B3n1c3cc4ccccc4cc3c3cccc-2c31. The molecule has 2 aliphatic heterocycles. The van der Waals surface area contributed by atoms with Crippen molar-refractivity contribution in [1.29, 1.82) is 0 Å². The Morgan fingerprint density at radius 3 is 1.84 bits per heavy atom. The van der Waals surface area contributed by atoms with Crippen molar-refractivity contribution < 1.29 is 0 Å². The van der Waals surface area contributed by atoms with Gasteiger partial charge in [-0.2, -0.15) is 0 Å². The lowest BCUT2D eigenvalue weighted by atomic mass is 9.45. The van der Waals surface area contributed by atoms with E-state index >= 15 is 0 Å². The van der Waals surface area contributed by atoms with Crippen molar-refractivity contribution in [1.82, 2.24) is 4.48 Å². The van der Waals surface area contributed by atoms with Gasteiger partial charge in [0.05, 0.1) is 5.69 Å². The molecule has 12 rings (SSSR count). The van der Waals surface area contributed by atoms with Crippen LogP contribution in [0.1, 0.15) is 31.9 Å². The van der Waals surface area contributed by atoms with Crippen molar-refractivity contribution in [2.75, 3.05) is 9.80 Å². The minimum Gasteiger partial charge on any atom is -0.375 e. The van der Waals surface area contributed by atoms with Crippen LogP contribution < -0.4 is 20.7 Å². The predicted octanol–water partition coefficient (Wildman–Crippen LogP) is 14.1. The molecule has 4 heteroatoms. The normalized spacial score (nSPS) is 12.9. The van der Waals surface area contributed by atoms with Gasteiger partial charge in [-0.1, -0.05) is 142 Å². The fourth-order valence-electron chi connectivity index (χ4n) is 10.3. The number of nitrogens with zero attached hydrogens (tertiary/aromatic N) is 3. The third-order valence-corrected chi connectivity index (χ3v) is 13.1. The number of hydrogen-bond acceptors (Lipinski definition) is 2. The summed E-state index contributed by atoms with van der Waals surface area (Å²) in [6.07, 6.45) is 0. The van der Waals surface area contributed by atoms with Gasteiger partial charge in [0.15, 0.2) is 0 Å². The van der Waals surface area contributed by atoms with Crippen LogP contribution >= 0.6 is 0 Å². The molecule has 0 fully saturated rings. The molecule has 3 heterocycles. The molecular formula is C57H44BN3. The minimum atomic E-state index is -0.0877. The smallest absolute Gasteiger partial charge is 0.333 e. The van der Waals surface area contributed by atoms with Gasteiger partial charge < -0.3 is 14.3 Å². The van der Waals surface area contributed by atoms with Crippen LogP contribution in [0, 0.1) is 6.92 Å². The van der Waals surface area contributed by atoms with E-state index < -0.39 is 0 Å². The van der Waals surface area contributed by atoms with Crippen molar-refractivity contribution >= 4 is 84.5 Å². The molecule has 0 radical (unpaired) electrons. The average molecular weight is 782 g/mol. The molecule has 61 heavy (non-hydrogen) atoms. The Hall–Kier alpha value is -7.30. The molecule has 0 saturated heterocycles. The van der Waals surface area contributed by atoms with Crippen LogP contribution in [0.15, 0.2) is 194 Å². The van der Waals surface area contributed by atoms with E-state index in [1.54, 1.807) is 0 Å². The summed E-state index contributed by atoms with van der Waals surface area (Å²) in [6.45, 7) is 9.10. The van der Waals surface area contributed by atoms with Crippen LogP contribution in [0.4, 0.5) is 34.1 Å². The number of fused-ring (bicyclic) bond motifs is 8. The summed E-state index contributed by atoms with van der Waals surface area (Å²) in [5.41, 5.74) is 19.7. The third-order valence-electron chi connectivity index (χ3n) is 13.1. The average Bonchev–Trinajstić information content (AvgIpc) is 3.61. The van der Waals surface area contributed by atoms with E-state index in [9.17, 15) is 0 Å². The number of anilines is 6. The maximum absolute atomic E-state index is 2.68. The minimum absolute atomic E-state index is 0.0164. The molecule has 9 aromatic carbocycles. The molecule has 0 unspecified atom stereocenters. The molecular weight excluding hydrogens is 737 g/mol. The molecule has 10 aromatic rings. The summed E-state index contributed by atoms with van der Waals surface area (Å²) in [4.78, 5) is 4.98. The number of para-hydroxylation sites is 3. The Kier molecular flexibility index (Phi) is 7.80. The van der Waals surface area contributed by atoms with E-state index in [-0.39, 0.29) is 12.3 Å². The van der Waals surface area contributed by atoms with Gasteiger partial charge in [-0.25, -0.2) is 0 Å². The van der Waals surface area contributed by atoms with Crippen LogP contribution in [0.2, 0.25) is 0 Å². The quantitative estimate of drug-likeness (QED) is 0.161.